The quantitative estimate of drug-likeness (QED) is 0.835. The summed E-state index contributed by atoms with van der Waals surface area (Å²) in [5.41, 5.74) is 0.0764. The van der Waals surface area contributed by atoms with Gasteiger partial charge < -0.3 is 5.11 Å². The number of hydrogen-bond acceptors (Lipinski definition) is 3. The molecule has 0 amide bonds. The van der Waals surface area contributed by atoms with Crippen LogP contribution in [0.15, 0.2) is 40.6 Å². The Hall–Kier alpha value is -2.11. The topological polar surface area (TPSA) is 49.7 Å². The number of halogens is 3. The van der Waals surface area contributed by atoms with Crippen molar-refractivity contribution < 1.29 is 23.1 Å². The fourth-order valence-corrected chi connectivity index (χ4v) is 2.46. The van der Waals surface area contributed by atoms with Crippen LogP contribution < -0.4 is 0 Å². The van der Waals surface area contributed by atoms with Crippen LogP contribution in [0.5, 0.6) is 0 Å². The second-order valence-electron chi connectivity index (χ2n) is 5.88. The first-order valence-corrected chi connectivity index (χ1v) is 7.34. The molecule has 0 radical (unpaired) electrons. The zero-order valence-electron chi connectivity index (χ0n) is 12.9. The molecule has 0 heterocycles. The minimum absolute atomic E-state index is 0.00994. The fourth-order valence-electron chi connectivity index (χ4n) is 2.46. The molecular weight excluding hydrogens is 307 g/mol. The summed E-state index contributed by atoms with van der Waals surface area (Å²) >= 11 is 0. The van der Waals surface area contributed by atoms with Crippen LogP contribution in [0, 0.1) is 0 Å². The molecular formula is C17H18F3NO2. The molecule has 0 saturated carbocycles. The molecule has 124 valence electrons. The van der Waals surface area contributed by atoms with E-state index in [0.29, 0.717) is 5.56 Å². The van der Waals surface area contributed by atoms with Gasteiger partial charge in [-0.05, 0) is 37.5 Å². The lowest BCUT2D eigenvalue weighted by Gasteiger charge is -2.22. The van der Waals surface area contributed by atoms with Gasteiger partial charge in [0.2, 0.25) is 0 Å². The smallest absolute Gasteiger partial charge is 0.416 e. The van der Waals surface area contributed by atoms with Crippen LogP contribution in [0.2, 0.25) is 0 Å². The molecule has 1 aromatic rings. The van der Waals surface area contributed by atoms with E-state index in [1.165, 1.54) is 18.3 Å². The normalized spacial score (nSPS) is 19.9. The van der Waals surface area contributed by atoms with Gasteiger partial charge in [-0.15, -0.1) is 0 Å². The first kappa shape index (κ1) is 17.2. The van der Waals surface area contributed by atoms with E-state index in [1.807, 2.05) is 13.8 Å². The van der Waals surface area contributed by atoms with E-state index in [0.717, 1.165) is 12.1 Å². The van der Waals surface area contributed by atoms with Gasteiger partial charge in [-0.1, -0.05) is 12.1 Å². The van der Waals surface area contributed by atoms with Crippen molar-refractivity contribution in [2.45, 2.75) is 44.8 Å². The molecule has 1 aliphatic carbocycles. The maximum Gasteiger partial charge on any atom is 0.416 e. The number of aliphatic imine (C=N–C) groups is 1. The highest BCUT2D eigenvalue weighted by molar-refractivity contribution is 6.14. The van der Waals surface area contributed by atoms with Gasteiger partial charge in [0.25, 0.3) is 0 Å². The number of nitrogens with zero attached hydrogens (tertiary/aromatic N) is 1. The van der Waals surface area contributed by atoms with Gasteiger partial charge in [0, 0.05) is 25.1 Å². The van der Waals surface area contributed by atoms with E-state index in [1.54, 1.807) is 0 Å². The second-order valence-corrected chi connectivity index (χ2v) is 5.88. The number of rotatable bonds is 3. The van der Waals surface area contributed by atoms with Crippen LogP contribution in [0.25, 0.3) is 0 Å². The Labute approximate surface area is 132 Å². The number of ketones is 1. The summed E-state index contributed by atoms with van der Waals surface area (Å²) in [5.74, 6) is -0.625. The van der Waals surface area contributed by atoms with E-state index in [-0.39, 0.29) is 41.9 Å². The zero-order valence-corrected chi connectivity index (χ0v) is 12.9. The Kier molecular flexibility index (Phi) is 4.92. The number of carbonyl (C=O) groups excluding carboxylic acids is 1. The van der Waals surface area contributed by atoms with Crippen molar-refractivity contribution in [2.24, 2.45) is 4.99 Å². The average Bonchev–Trinajstić information content (AvgIpc) is 2.45. The van der Waals surface area contributed by atoms with E-state index < -0.39 is 11.7 Å². The van der Waals surface area contributed by atoms with E-state index in [4.69, 9.17) is 0 Å². The predicted octanol–water partition coefficient (Wildman–Crippen LogP) is 4.44. The number of aliphatic hydroxyl groups excluding tert-OH is 1. The van der Waals surface area contributed by atoms with Gasteiger partial charge in [0.05, 0.1) is 11.1 Å². The second kappa shape index (κ2) is 6.56. The number of hydrogen-bond donors (Lipinski definition) is 1. The van der Waals surface area contributed by atoms with Crippen molar-refractivity contribution in [3.05, 3.63) is 46.7 Å². The predicted molar refractivity (Wildman–Crippen MR) is 81.7 cm³/mol. The van der Waals surface area contributed by atoms with Gasteiger partial charge in [-0.25, -0.2) is 0 Å². The molecule has 6 heteroatoms. The number of benzene rings is 1. The molecule has 0 fully saturated rings. The number of allylic oxidation sites excluding steroid dienone is 2. The molecule has 1 unspecified atom stereocenters. The highest BCUT2D eigenvalue weighted by Crippen LogP contribution is 2.35. The third-order valence-electron chi connectivity index (χ3n) is 3.69. The summed E-state index contributed by atoms with van der Waals surface area (Å²) in [5, 5.41) is 10.1. The van der Waals surface area contributed by atoms with Crippen LogP contribution in [-0.2, 0) is 11.0 Å². The van der Waals surface area contributed by atoms with E-state index >= 15 is 0 Å². The molecule has 1 aliphatic rings. The first-order chi connectivity index (χ1) is 10.7. The standard InChI is InChI=1S/C17H18F3NO2/c1-10(2)21-9-14-15(22)7-12(8-16(14)23)11-3-5-13(6-4-11)17(18,19)20/h3-6,9-10,12,22H,7-8H2,1-2H3. The number of alkyl halides is 3. The molecule has 0 aliphatic heterocycles. The Morgan fingerprint density at radius 1 is 1.22 bits per heavy atom. The summed E-state index contributed by atoms with van der Waals surface area (Å²) in [7, 11) is 0. The summed E-state index contributed by atoms with van der Waals surface area (Å²) in [6.07, 6.45) is -2.64. The van der Waals surface area contributed by atoms with Gasteiger partial charge in [-0.2, -0.15) is 13.2 Å². The Bertz CT molecular complexity index is 643. The summed E-state index contributed by atoms with van der Waals surface area (Å²) in [6.45, 7) is 3.71. The lowest BCUT2D eigenvalue weighted by molar-refractivity contribution is -0.137. The van der Waals surface area contributed by atoms with E-state index in [2.05, 4.69) is 4.99 Å². The van der Waals surface area contributed by atoms with E-state index in [9.17, 15) is 23.1 Å². The number of aliphatic hydroxyl groups is 1. The van der Waals surface area contributed by atoms with Crippen LogP contribution in [0.3, 0.4) is 0 Å². The molecule has 1 N–H and O–H groups in total. The van der Waals surface area contributed by atoms with Crippen LogP contribution in [-0.4, -0.2) is 23.1 Å². The monoisotopic (exact) mass is 325 g/mol. The molecule has 3 nitrogen and oxygen atoms in total. The van der Waals surface area contributed by atoms with Gasteiger partial charge in [-0.3, -0.25) is 9.79 Å². The number of Topliss-reactive ketones (excluding diaryl/α,β-unsaturated/α-hetero) is 1. The summed E-state index contributed by atoms with van der Waals surface area (Å²) in [6, 6.07) is 4.73. The van der Waals surface area contributed by atoms with Gasteiger partial charge in [0.1, 0.15) is 5.76 Å². The molecule has 0 spiro atoms. The third kappa shape index (κ3) is 4.21. The Balaban J connectivity index is 2.20. The first-order valence-electron chi connectivity index (χ1n) is 7.34. The van der Waals surface area contributed by atoms with Crippen LogP contribution in [0.1, 0.15) is 43.7 Å². The maximum atomic E-state index is 12.6. The lowest BCUT2D eigenvalue weighted by Crippen LogP contribution is -2.19. The van der Waals surface area contributed by atoms with Crippen molar-refractivity contribution in [1.29, 1.82) is 0 Å². The molecule has 1 aromatic carbocycles. The Morgan fingerprint density at radius 2 is 1.83 bits per heavy atom. The summed E-state index contributed by atoms with van der Waals surface area (Å²) < 4.78 is 37.7. The minimum atomic E-state index is -4.39. The summed E-state index contributed by atoms with van der Waals surface area (Å²) in [4.78, 5) is 16.2. The highest BCUT2D eigenvalue weighted by Gasteiger charge is 2.31. The molecule has 0 aromatic heterocycles. The SMILES string of the molecule is CC(C)N=CC1=C(O)CC(c2ccc(C(F)(F)F)cc2)CC1=O. The van der Waals surface area contributed by atoms with Crippen molar-refractivity contribution >= 4 is 12.0 Å². The number of carbonyl (C=O) groups is 1. The van der Waals surface area contributed by atoms with Crippen molar-refractivity contribution in [2.75, 3.05) is 0 Å². The molecule has 2 rings (SSSR count). The zero-order chi connectivity index (χ0) is 17.2. The van der Waals surface area contributed by atoms with Crippen molar-refractivity contribution in [1.82, 2.24) is 0 Å². The largest absolute Gasteiger partial charge is 0.511 e. The third-order valence-corrected chi connectivity index (χ3v) is 3.69. The van der Waals surface area contributed by atoms with Crippen molar-refractivity contribution in [3.63, 3.8) is 0 Å². The molecule has 0 saturated heterocycles. The van der Waals surface area contributed by atoms with Crippen molar-refractivity contribution in [3.8, 4) is 0 Å². The molecule has 23 heavy (non-hydrogen) atoms. The minimum Gasteiger partial charge on any atom is -0.511 e. The Morgan fingerprint density at radius 3 is 2.30 bits per heavy atom. The molecule has 0 bridgehead atoms. The van der Waals surface area contributed by atoms with Crippen LogP contribution in [0.4, 0.5) is 13.2 Å². The maximum absolute atomic E-state index is 12.6. The van der Waals surface area contributed by atoms with Gasteiger partial charge in [0.15, 0.2) is 5.78 Å². The lowest BCUT2D eigenvalue weighted by atomic mass is 9.82. The van der Waals surface area contributed by atoms with Crippen LogP contribution >= 0.6 is 0 Å². The highest BCUT2D eigenvalue weighted by atomic mass is 19.4. The average molecular weight is 325 g/mol. The molecule has 1 atom stereocenters. The van der Waals surface area contributed by atoms with Gasteiger partial charge >= 0.3 is 6.18 Å². The fraction of sp³-hybridized carbons (Fsp3) is 0.412.